The summed E-state index contributed by atoms with van der Waals surface area (Å²) in [4.78, 5) is 0. The summed E-state index contributed by atoms with van der Waals surface area (Å²) in [5.74, 6) is 4.79. The summed E-state index contributed by atoms with van der Waals surface area (Å²) in [6, 6.07) is 23.6. The van der Waals surface area contributed by atoms with Crippen molar-refractivity contribution in [2.75, 3.05) is 19.8 Å². The number of rotatable bonds is 4. The van der Waals surface area contributed by atoms with Gasteiger partial charge in [-0.3, -0.25) is 0 Å². The molecule has 0 unspecified atom stereocenters. The molecule has 0 amide bonds. The summed E-state index contributed by atoms with van der Waals surface area (Å²) >= 11 is 4.48. The van der Waals surface area contributed by atoms with Crippen LogP contribution in [0.25, 0.3) is 0 Å². The van der Waals surface area contributed by atoms with E-state index in [1.54, 1.807) is 13.8 Å². The zero-order chi connectivity index (χ0) is 32.5. The minimum absolute atomic E-state index is 0.0220. The molecule has 2 aliphatic rings. The molecule has 3 aromatic rings. The first-order valence-corrected chi connectivity index (χ1v) is 16.5. The molecule has 0 radical (unpaired) electrons. The van der Waals surface area contributed by atoms with Crippen LogP contribution in [-0.4, -0.2) is 52.3 Å². The van der Waals surface area contributed by atoms with Crippen LogP contribution >= 0.6 is 45.2 Å². The average Bonchev–Trinajstić information content (AvgIpc) is 3.53. The maximum atomic E-state index is 9.55. The molecule has 5 rings (SSSR count). The fraction of sp³-hybridized carbons (Fsp3) is 0.429. The second-order valence-electron chi connectivity index (χ2n) is 11.9. The molecule has 2 fully saturated rings. The van der Waals surface area contributed by atoms with E-state index in [1.807, 2.05) is 76.2 Å². The molecule has 7 nitrogen and oxygen atoms in total. The van der Waals surface area contributed by atoms with Gasteiger partial charge in [0, 0.05) is 12.7 Å². The number of aliphatic hydroxyl groups is 3. The lowest BCUT2D eigenvalue weighted by molar-refractivity contribution is -0.139. The monoisotopic (exact) mass is 828 g/mol. The Kier molecular flexibility index (Phi) is 13.7. The first kappa shape index (κ1) is 36.9. The summed E-state index contributed by atoms with van der Waals surface area (Å²) in [5, 5.41) is 27.3. The average molecular weight is 829 g/mol. The van der Waals surface area contributed by atoms with Crippen LogP contribution in [0.15, 0.2) is 72.8 Å². The first-order chi connectivity index (χ1) is 20.6. The standard InChI is InChI=1S/C16H20O3.C11H13IO2.C8H9IO2/c1-15(2,17)10-9-12-5-7-13(8-6-12)14-11-18-16(3,4)19-14;1-11(2)13-7-10(14-11)8-3-5-9(12)6-4-8;9-7-3-1-6(2-4-7)8(11)5-10/h5-8,14,17H,11H2,1-4H3;3-6,10H,7H2,1-2H3;1-4,8,10-11H,5H2/t14-;10-;8-/m111/s1. The van der Waals surface area contributed by atoms with Gasteiger partial charge in [-0.05, 0) is 140 Å². The third kappa shape index (κ3) is 12.7. The Hall–Kier alpha value is -1.60. The molecule has 9 heteroatoms. The van der Waals surface area contributed by atoms with Crippen molar-refractivity contribution in [2.24, 2.45) is 0 Å². The smallest absolute Gasteiger partial charge is 0.163 e. The number of aliphatic hydroxyl groups excluding tert-OH is 2. The predicted octanol–water partition coefficient (Wildman–Crippen LogP) is 7.07. The summed E-state index contributed by atoms with van der Waals surface area (Å²) in [5.41, 5.74) is 2.94. The van der Waals surface area contributed by atoms with E-state index < -0.39 is 23.3 Å². The van der Waals surface area contributed by atoms with Gasteiger partial charge < -0.3 is 34.3 Å². The quantitative estimate of drug-likeness (QED) is 0.192. The van der Waals surface area contributed by atoms with Crippen molar-refractivity contribution in [3.8, 4) is 11.8 Å². The van der Waals surface area contributed by atoms with Crippen molar-refractivity contribution in [1.82, 2.24) is 0 Å². The van der Waals surface area contributed by atoms with Gasteiger partial charge in [0.15, 0.2) is 11.6 Å². The van der Waals surface area contributed by atoms with Gasteiger partial charge in [0.05, 0.1) is 19.8 Å². The Balaban J connectivity index is 0.000000188. The number of halogens is 2. The molecule has 2 aliphatic heterocycles. The second kappa shape index (κ2) is 16.3. The number of hydrogen-bond acceptors (Lipinski definition) is 7. The molecular weight excluding hydrogens is 786 g/mol. The molecular formula is C35H42I2O7. The minimum Gasteiger partial charge on any atom is -0.393 e. The third-order valence-corrected chi connectivity index (χ3v) is 7.92. The normalized spacial score (nSPS) is 20.7. The molecule has 2 saturated heterocycles. The lowest BCUT2D eigenvalue weighted by atomic mass is 10.1. The maximum Gasteiger partial charge on any atom is 0.163 e. The fourth-order valence-electron chi connectivity index (χ4n) is 4.18. The van der Waals surface area contributed by atoms with E-state index in [-0.39, 0.29) is 18.8 Å². The highest BCUT2D eigenvalue weighted by molar-refractivity contribution is 14.1. The molecule has 238 valence electrons. The molecule has 0 spiro atoms. The lowest BCUT2D eigenvalue weighted by Crippen LogP contribution is -2.19. The number of benzene rings is 3. The van der Waals surface area contributed by atoms with E-state index in [9.17, 15) is 5.11 Å². The fourth-order valence-corrected chi connectivity index (χ4v) is 4.90. The van der Waals surface area contributed by atoms with E-state index in [1.165, 1.54) is 9.13 Å². The number of hydrogen-bond donors (Lipinski definition) is 3. The summed E-state index contributed by atoms with van der Waals surface area (Å²) in [6.07, 6.45) is -0.680. The summed E-state index contributed by atoms with van der Waals surface area (Å²) in [6.45, 7) is 12.0. The molecule has 0 bridgehead atoms. The second-order valence-corrected chi connectivity index (χ2v) is 14.4. The molecule has 3 atom stereocenters. The van der Waals surface area contributed by atoms with Gasteiger partial charge in [-0.15, -0.1) is 0 Å². The Morgan fingerprint density at radius 2 is 1.18 bits per heavy atom. The molecule has 0 aromatic heterocycles. The van der Waals surface area contributed by atoms with Gasteiger partial charge in [-0.1, -0.05) is 48.2 Å². The largest absolute Gasteiger partial charge is 0.393 e. The summed E-state index contributed by atoms with van der Waals surface area (Å²) < 4.78 is 25.0. The van der Waals surface area contributed by atoms with Gasteiger partial charge in [-0.2, -0.15) is 0 Å². The van der Waals surface area contributed by atoms with Crippen molar-refractivity contribution in [3.05, 3.63) is 102 Å². The van der Waals surface area contributed by atoms with E-state index >= 15 is 0 Å². The van der Waals surface area contributed by atoms with Gasteiger partial charge in [0.1, 0.15) is 23.9 Å². The van der Waals surface area contributed by atoms with Crippen molar-refractivity contribution in [1.29, 1.82) is 0 Å². The third-order valence-electron chi connectivity index (χ3n) is 6.48. The minimum atomic E-state index is -0.967. The van der Waals surface area contributed by atoms with Crippen LogP contribution in [0.2, 0.25) is 0 Å². The van der Waals surface area contributed by atoms with Crippen molar-refractivity contribution < 1.29 is 34.3 Å². The Bertz CT molecular complexity index is 1370. The van der Waals surface area contributed by atoms with Crippen LogP contribution < -0.4 is 0 Å². The van der Waals surface area contributed by atoms with Gasteiger partial charge in [0.2, 0.25) is 0 Å². The highest BCUT2D eigenvalue weighted by Crippen LogP contribution is 2.33. The molecule has 44 heavy (non-hydrogen) atoms. The zero-order valence-electron chi connectivity index (χ0n) is 26.0. The van der Waals surface area contributed by atoms with Crippen LogP contribution in [0.5, 0.6) is 0 Å². The molecule has 3 N–H and O–H groups in total. The first-order valence-electron chi connectivity index (χ1n) is 14.3. The maximum absolute atomic E-state index is 9.55. The topological polar surface area (TPSA) is 97.6 Å². The van der Waals surface area contributed by atoms with E-state index in [0.29, 0.717) is 13.2 Å². The van der Waals surface area contributed by atoms with Crippen LogP contribution in [0.4, 0.5) is 0 Å². The van der Waals surface area contributed by atoms with Crippen LogP contribution in [-0.2, 0) is 18.9 Å². The van der Waals surface area contributed by atoms with Gasteiger partial charge in [0.25, 0.3) is 0 Å². The van der Waals surface area contributed by atoms with Crippen molar-refractivity contribution >= 4 is 45.2 Å². The Morgan fingerprint density at radius 3 is 1.55 bits per heavy atom. The van der Waals surface area contributed by atoms with Crippen LogP contribution in [0.1, 0.15) is 82.1 Å². The summed E-state index contributed by atoms with van der Waals surface area (Å²) in [7, 11) is 0. The van der Waals surface area contributed by atoms with Gasteiger partial charge in [-0.25, -0.2) is 0 Å². The van der Waals surface area contributed by atoms with Crippen LogP contribution in [0.3, 0.4) is 0 Å². The van der Waals surface area contributed by atoms with E-state index in [4.69, 9.17) is 29.2 Å². The van der Waals surface area contributed by atoms with Crippen LogP contribution in [0, 0.1) is 19.0 Å². The number of ether oxygens (including phenoxy) is 4. The van der Waals surface area contributed by atoms with Crippen molar-refractivity contribution in [2.45, 2.75) is 77.0 Å². The van der Waals surface area contributed by atoms with Gasteiger partial charge >= 0.3 is 0 Å². The Labute approximate surface area is 288 Å². The lowest BCUT2D eigenvalue weighted by Gasteiger charge is -2.17. The Morgan fingerprint density at radius 1 is 0.773 bits per heavy atom. The molecule has 0 saturated carbocycles. The highest BCUT2D eigenvalue weighted by atomic mass is 127. The molecule has 2 heterocycles. The van der Waals surface area contributed by atoms with E-state index in [0.717, 1.165) is 20.3 Å². The van der Waals surface area contributed by atoms with Crippen molar-refractivity contribution in [3.63, 3.8) is 0 Å². The predicted molar refractivity (Wildman–Crippen MR) is 188 cm³/mol. The molecule has 0 aliphatic carbocycles. The SMILES string of the molecule is CC(C)(O)C#Cc1ccc([C@H]2COC(C)(C)O2)cc1.CC1(C)OC[C@H](c2ccc(I)cc2)O1.OC[C@@H](O)c1ccc(I)cc1. The van der Waals surface area contributed by atoms with E-state index in [2.05, 4.69) is 81.3 Å². The zero-order valence-corrected chi connectivity index (χ0v) is 30.3. The highest BCUT2D eigenvalue weighted by Gasteiger charge is 2.34. The molecule has 3 aromatic carbocycles.